The molecule has 1 atom stereocenters. The minimum atomic E-state index is -4.49. The van der Waals surface area contributed by atoms with Gasteiger partial charge in [-0.05, 0) is 18.6 Å². The van der Waals surface area contributed by atoms with Crippen LogP contribution in [0.25, 0.3) is 22.2 Å². The number of hydrogen-bond acceptors (Lipinski definition) is 7. The van der Waals surface area contributed by atoms with Crippen molar-refractivity contribution >= 4 is 34.0 Å². The lowest BCUT2D eigenvalue weighted by Gasteiger charge is -2.22. The average molecular weight is 541 g/mol. The van der Waals surface area contributed by atoms with Crippen molar-refractivity contribution in [3.05, 3.63) is 48.0 Å². The first-order chi connectivity index (χ1) is 18.5. The Kier molecular flexibility index (Phi) is 5.79. The second-order valence-corrected chi connectivity index (χ2v) is 10.7. The van der Waals surface area contributed by atoms with Gasteiger partial charge in [0.2, 0.25) is 5.95 Å². The number of alkyl halides is 3. The number of imidazole rings is 1. The lowest BCUT2D eigenvalue weighted by atomic mass is 9.91. The maximum Gasteiger partial charge on any atom is 0.431 e. The molecule has 5 aromatic heterocycles. The lowest BCUT2D eigenvalue weighted by Crippen LogP contribution is -2.22. The number of fused-ring (bicyclic) bond motifs is 2. The molecule has 0 saturated carbocycles. The summed E-state index contributed by atoms with van der Waals surface area (Å²) in [7, 11) is 1.85. The summed E-state index contributed by atoms with van der Waals surface area (Å²) < 4.78 is 54.4. The molecule has 6 rings (SSSR count). The molecule has 0 spiro atoms. The fourth-order valence-electron chi connectivity index (χ4n) is 4.68. The number of pyridine rings is 2. The van der Waals surface area contributed by atoms with Gasteiger partial charge in [0.1, 0.15) is 22.8 Å². The highest BCUT2D eigenvalue weighted by Crippen LogP contribution is 2.34. The Morgan fingerprint density at radius 2 is 1.85 bits per heavy atom. The average Bonchev–Trinajstić information content (AvgIpc) is 3.65. The fourth-order valence-corrected chi connectivity index (χ4v) is 4.68. The predicted molar refractivity (Wildman–Crippen MR) is 138 cm³/mol. The molecule has 2 N–H and O–H groups in total. The predicted octanol–water partition coefficient (Wildman–Crippen LogP) is 5.85. The van der Waals surface area contributed by atoms with Crippen LogP contribution in [0, 0.1) is 0 Å². The number of rotatable bonds is 5. The van der Waals surface area contributed by atoms with Crippen molar-refractivity contribution in [1.29, 1.82) is 0 Å². The van der Waals surface area contributed by atoms with Gasteiger partial charge >= 0.3 is 6.18 Å². The number of aromatic amines is 1. The monoisotopic (exact) mass is 540 g/mol. The molecule has 0 aromatic carbocycles. The topological polar surface area (TPSA) is 108 Å². The number of ether oxygens (including phenoxy) is 2. The number of nitrogens with one attached hydrogen (secondary N) is 2. The van der Waals surface area contributed by atoms with Crippen molar-refractivity contribution in [3.63, 3.8) is 0 Å². The first kappa shape index (κ1) is 25.2. The molecular weight excluding hydrogens is 513 g/mol. The third kappa shape index (κ3) is 4.78. The van der Waals surface area contributed by atoms with Crippen molar-refractivity contribution in [2.75, 3.05) is 18.5 Å². The van der Waals surface area contributed by atoms with Gasteiger partial charge in [0, 0.05) is 42.3 Å². The highest BCUT2D eigenvalue weighted by atomic mass is 19.4. The summed E-state index contributed by atoms with van der Waals surface area (Å²) in [4.78, 5) is 15.3. The highest BCUT2D eigenvalue weighted by Gasteiger charge is 2.33. The van der Waals surface area contributed by atoms with E-state index in [-0.39, 0.29) is 22.9 Å². The zero-order valence-corrected chi connectivity index (χ0v) is 21.8. The summed E-state index contributed by atoms with van der Waals surface area (Å²) in [5, 5.41) is 8.43. The van der Waals surface area contributed by atoms with Crippen LogP contribution in [-0.2, 0) is 23.4 Å². The number of anilines is 2. The van der Waals surface area contributed by atoms with Crippen LogP contribution in [0.5, 0.6) is 11.5 Å². The van der Waals surface area contributed by atoms with Gasteiger partial charge in [0.25, 0.3) is 0 Å². The quantitative estimate of drug-likeness (QED) is 0.288. The Labute approximate surface area is 221 Å². The molecule has 1 fully saturated rings. The summed E-state index contributed by atoms with van der Waals surface area (Å²) in [5.74, 6) is 1.90. The van der Waals surface area contributed by atoms with Crippen molar-refractivity contribution in [3.8, 4) is 11.5 Å². The number of aromatic nitrogens is 7. The molecule has 6 heterocycles. The molecule has 10 nitrogen and oxygen atoms in total. The molecule has 13 heteroatoms. The number of halogens is 3. The van der Waals surface area contributed by atoms with E-state index in [1.165, 1.54) is 18.5 Å². The smallest absolute Gasteiger partial charge is 0.431 e. The van der Waals surface area contributed by atoms with Crippen LogP contribution in [0.3, 0.4) is 0 Å². The first-order valence-corrected chi connectivity index (χ1v) is 12.5. The van der Waals surface area contributed by atoms with Crippen LogP contribution < -0.4 is 10.1 Å². The van der Waals surface area contributed by atoms with E-state index in [9.17, 15) is 13.2 Å². The van der Waals surface area contributed by atoms with Gasteiger partial charge in [0.15, 0.2) is 11.5 Å². The Morgan fingerprint density at radius 3 is 2.56 bits per heavy atom. The molecule has 0 radical (unpaired) electrons. The van der Waals surface area contributed by atoms with E-state index in [1.54, 1.807) is 6.07 Å². The summed E-state index contributed by atoms with van der Waals surface area (Å²) in [6, 6.07) is 6.48. The summed E-state index contributed by atoms with van der Waals surface area (Å²) >= 11 is 0. The zero-order valence-electron chi connectivity index (χ0n) is 21.8. The lowest BCUT2D eigenvalue weighted by molar-refractivity contribution is -0.140. The van der Waals surface area contributed by atoms with E-state index >= 15 is 0 Å². The van der Waals surface area contributed by atoms with Gasteiger partial charge in [-0.1, -0.05) is 20.8 Å². The summed E-state index contributed by atoms with van der Waals surface area (Å²) in [6.45, 7) is 7.82. The van der Waals surface area contributed by atoms with Crippen molar-refractivity contribution in [2.45, 2.75) is 44.8 Å². The Bertz CT molecular complexity index is 1670. The molecular formula is C26H27F3N8O2. The maximum atomic E-state index is 13.0. The largest absolute Gasteiger partial charge is 0.454 e. The number of aryl methyl sites for hydroxylation is 1. The molecule has 1 aliphatic rings. The third-order valence-corrected chi connectivity index (χ3v) is 6.69. The summed E-state index contributed by atoms with van der Waals surface area (Å²) in [5.41, 5.74) is 1.45. The molecule has 39 heavy (non-hydrogen) atoms. The van der Waals surface area contributed by atoms with Gasteiger partial charge in [-0.25, -0.2) is 9.97 Å². The fraction of sp³-hybridized carbons (Fsp3) is 0.385. The molecule has 204 valence electrons. The number of nitrogens with zero attached hydrogens (tertiary/aromatic N) is 6. The molecule has 1 aliphatic heterocycles. The third-order valence-electron chi connectivity index (χ3n) is 6.69. The number of hydrogen-bond donors (Lipinski definition) is 2. The van der Waals surface area contributed by atoms with Crippen molar-refractivity contribution in [2.24, 2.45) is 7.05 Å². The SMILES string of the molecule is Cn1c(Nc2cc(C(C)(C)C)n(C3CCOC3)n2)nc2ncc(Oc3cnc4[nH]c(C(F)(F)F)cc4c3)cc21. The van der Waals surface area contributed by atoms with E-state index < -0.39 is 11.9 Å². The highest BCUT2D eigenvalue weighted by molar-refractivity contribution is 5.79. The van der Waals surface area contributed by atoms with E-state index in [0.29, 0.717) is 40.7 Å². The second kappa shape index (κ2) is 8.97. The molecule has 0 aliphatic carbocycles. The molecule has 5 aromatic rings. The van der Waals surface area contributed by atoms with Crippen LogP contribution in [0.4, 0.5) is 24.9 Å². The molecule has 1 saturated heterocycles. The van der Waals surface area contributed by atoms with E-state index in [4.69, 9.17) is 14.6 Å². The van der Waals surface area contributed by atoms with Crippen LogP contribution in [-0.4, -0.2) is 47.5 Å². The minimum Gasteiger partial charge on any atom is -0.454 e. The van der Waals surface area contributed by atoms with Crippen LogP contribution in [0.2, 0.25) is 0 Å². The van der Waals surface area contributed by atoms with Gasteiger partial charge in [0.05, 0.1) is 30.6 Å². The minimum absolute atomic E-state index is 0.109. The van der Waals surface area contributed by atoms with Gasteiger partial charge in [-0.3, -0.25) is 4.68 Å². The van der Waals surface area contributed by atoms with Gasteiger partial charge < -0.3 is 24.3 Å². The van der Waals surface area contributed by atoms with E-state index in [1.807, 2.05) is 17.7 Å². The Balaban J connectivity index is 1.26. The van der Waals surface area contributed by atoms with Gasteiger partial charge in [-0.2, -0.15) is 23.3 Å². The maximum absolute atomic E-state index is 13.0. The second-order valence-electron chi connectivity index (χ2n) is 10.7. The Hall–Kier alpha value is -4.13. The van der Waals surface area contributed by atoms with Crippen molar-refractivity contribution in [1.82, 2.24) is 34.3 Å². The zero-order chi connectivity index (χ0) is 27.5. The standard InChI is InChI=1S/C26H27F3N8O2/c1-25(2,3)20-10-21(35-37(20)15-5-6-38-13-15)33-24-34-23-18(36(24)4)9-17(12-31-23)39-16-7-14-8-19(26(27,28)29)32-22(14)30-11-16/h7-12,15H,5-6,13H2,1-4H3,(H,30,32)(H,31,33,34,35). The number of H-pyrrole nitrogens is 1. The molecule has 0 bridgehead atoms. The molecule has 1 unspecified atom stereocenters. The van der Waals surface area contributed by atoms with Gasteiger partial charge in [-0.15, -0.1) is 0 Å². The van der Waals surface area contributed by atoms with Crippen LogP contribution >= 0.6 is 0 Å². The molecule has 0 amide bonds. The first-order valence-electron chi connectivity index (χ1n) is 12.5. The summed E-state index contributed by atoms with van der Waals surface area (Å²) in [6.07, 6.45) is -0.704. The normalized spacial score (nSPS) is 16.4. The van der Waals surface area contributed by atoms with E-state index in [2.05, 4.69) is 50.7 Å². The van der Waals surface area contributed by atoms with Crippen molar-refractivity contribution < 1.29 is 22.6 Å². The van der Waals surface area contributed by atoms with Crippen LogP contribution in [0.15, 0.2) is 36.7 Å². The Morgan fingerprint density at radius 1 is 1.08 bits per heavy atom. The van der Waals surface area contributed by atoms with E-state index in [0.717, 1.165) is 24.8 Å². The van der Waals surface area contributed by atoms with Crippen LogP contribution in [0.1, 0.15) is 44.6 Å².